The fourth-order valence-electron chi connectivity index (χ4n) is 3.87. The van der Waals surface area contributed by atoms with E-state index in [0.29, 0.717) is 35.6 Å². The van der Waals surface area contributed by atoms with Crippen molar-refractivity contribution >= 4 is 28.6 Å². The molecule has 0 radical (unpaired) electrons. The first-order valence-corrected chi connectivity index (χ1v) is 10.5. The molecule has 0 atom stereocenters. The molecule has 0 spiro atoms. The van der Waals surface area contributed by atoms with E-state index in [4.69, 9.17) is 0 Å². The molecular weight excluding hydrogens is 415 g/mol. The molecule has 1 fully saturated rings. The molecule has 1 saturated heterocycles. The van der Waals surface area contributed by atoms with Crippen molar-refractivity contribution in [3.05, 3.63) is 64.0 Å². The summed E-state index contributed by atoms with van der Waals surface area (Å²) in [4.78, 5) is 36.7. The van der Waals surface area contributed by atoms with E-state index in [1.54, 1.807) is 36.2 Å². The van der Waals surface area contributed by atoms with Crippen LogP contribution in [-0.2, 0) is 11.3 Å². The number of carbonyl (C=O) groups is 1. The molecule has 0 aliphatic carbocycles. The summed E-state index contributed by atoms with van der Waals surface area (Å²) in [6.07, 6.45) is 0.849. The Hall–Kier alpha value is -3.53. The molecule has 3 aromatic rings. The highest BCUT2D eigenvalue weighted by Crippen LogP contribution is 2.23. The van der Waals surface area contributed by atoms with Crippen LogP contribution >= 0.6 is 0 Å². The maximum Gasteiger partial charge on any atom is 0.271 e. The number of nitrogens with zero attached hydrogens (tertiary/aromatic N) is 5. The summed E-state index contributed by atoms with van der Waals surface area (Å²) < 4.78 is 13.9. The van der Waals surface area contributed by atoms with Gasteiger partial charge in [-0.25, -0.2) is 9.37 Å². The zero-order chi connectivity index (χ0) is 22.7. The highest BCUT2D eigenvalue weighted by atomic mass is 19.1. The second-order valence-corrected chi connectivity index (χ2v) is 7.98. The number of aromatic amines is 1. The highest BCUT2D eigenvalue weighted by Gasteiger charge is 2.21. The van der Waals surface area contributed by atoms with Gasteiger partial charge in [0.2, 0.25) is 11.9 Å². The van der Waals surface area contributed by atoms with Crippen LogP contribution in [0.3, 0.4) is 0 Å². The molecule has 32 heavy (non-hydrogen) atoms. The van der Waals surface area contributed by atoms with Crippen LogP contribution in [0.1, 0.15) is 12.0 Å². The number of imidazole rings is 1. The van der Waals surface area contributed by atoms with Crippen molar-refractivity contribution in [2.24, 2.45) is 0 Å². The van der Waals surface area contributed by atoms with E-state index in [2.05, 4.69) is 19.8 Å². The Labute approximate surface area is 184 Å². The summed E-state index contributed by atoms with van der Waals surface area (Å²) in [5.74, 6) is 0.303. The Morgan fingerprint density at radius 2 is 2.03 bits per heavy atom. The van der Waals surface area contributed by atoms with Gasteiger partial charge in [-0.1, -0.05) is 18.2 Å². The molecule has 9 nitrogen and oxygen atoms in total. The van der Waals surface area contributed by atoms with E-state index in [0.717, 1.165) is 19.5 Å². The molecule has 2 heterocycles. The summed E-state index contributed by atoms with van der Waals surface area (Å²) in [5.41, 5.74) is 1.82. The number of hydrogen-bond acceptors (Lipinski definition) is 6. The number of non-ortho nitro benzene ring substituents is 1. The van der Waals surface area contributed by atoms with Crippen LogP contribution in [0.25, 0.3) is 11.0 Å². The lowest BCUT2D eigenvalue weighted by atomic mass is 10.2. The molecule has 1 aliphatic heterocycles. The molecule has 1 amide bonds. The maximum absolute atomic E-state index is 13.9. The van der Waals surface area contributed by atoms with Crippen LogP contribution in [0.15, 0.2) is 42.5 Å². The number of fused-ring (bicyclic) bond motifs is 1. The standard InChI is InChI=1S/C22H25FN6O3/c1-26(14-16-5-2-3-6-18(16)23)21(30)15-27-9-4-10-28(12-11-27)22-24-19-8-7-17(29(31)32)13-20(19)25-22/h2-3,5-8,13H,4,9-12,14-15H2,1H3,(H,24,25). The van der Waals surface area contributed by atoms with Gasteiger partial charge in [0.25, 0.3) is 5.69 Å². The van der Waals surface area contributed by atoms with Gasteiger partial charge in [-0.3, -0.25) is 19.8 Å². The molecule has 1 N–H and O–H groups in total. The SMILES string of the molecule is CN(Cc1ccccc1F)C(=O)CN1CCCN(c2nc3ccc([N+](=O)[O-])cc3[nH]2)CC1. The third-order valence-corrected chi connectivity index (χ3v) is 5.70. The van der Waals surface area contributed by atoms with Gasteiger partial charge in [0.1, 0.15) is 5.82 Å². The number of benzene rings is 2. The van der Waals surface area contributed by atoms with Gasteiger partial charge in [0, 0.05) is 57.5 Å². The summed E-state index contributed by atoms with van der Waals surface area (Å²) in [5, 5.41) is 11.0. The minimum Gasteiger partial charge on any atom is -0.341 e. The van der Waals surface area contributed by atoms with E-state index >= 15 is 0 Å². The Bertz CT molecular complexity index is 1130. The molecule has 4 rings (SSSR count). The van der Waals surface area contributed by atoms with Crippen molar-refractivity contribution in [1.82, 2.24) is 19.8 Å². The van der Waals surface area contributed by atoms with Crippen LogP contribution in [0, 0.1) is 15.9 Å². The van der Waals surface area contributed by atoms with Crippen molar-refractivity contribution in [2.75, 3.05) is 44.7 Å². The second kappa shape index (κ2) is 9.31. The van der Waals surface area contributed by atoms with Gasteiger partial charge in [-0.05, 0) is 18.6 Å². The smallest absolute Gasteiger partial charge is 0.271 e. The zero-order valence-electron chi connectivity index (χ0n) is 17.8. The summed E-state index contributed by atoms with van der Waals surface area (Å²) >= 11 is 0. The van der Waals surface area contributed by atoms with Gasteiger partial charge in [0.15, 0.2) is 0 Å². The topological polar surface area (TPSA) is 98.6 Å². The van der Waals surface area contributed by atoms with Crippen LogP contribution in [0.4, 0.5) is 16.0 Å². The molecule has 168 valence electrons. The number of H-pyrrole nitrogens is 1. The maximum atomic E-state index is 13.9. The minimum atomic E-state index is -0.427. The first-order valence-electron chi connectivity index (χ1n) is 10.5. The fraction of sp³-hybridized carbons (Fsp3) is 0.364. The van der Waals surface area contributed by atoms with E-state index in [1.807, 2.05) is 0 Å². The number of amides is 1. The highest BCUT2D eigenvalue weighted by molar-refractivity contribution is 5.80. The number of aromatic nitrogens is 2. The quantitative estimate of drug-likeness (QED) is 0.468. The Morgan fingerprint density at radius 3 is 2.81 bits per heavy atom. The van der Waals surface area contributed by atoms with Crippen molar-refractivity contribution in [1.29, 1.82) is 0 Å². The van der Waals surface area contributed by atoms with E-state index in [-0.39, 0.29) is 30.5 Å². The predicted octanol–water partition coefficient (Wildman–Crippen LogP) is 2.78. The lowest BCUT2D eigenvalue weighted by molar-refractivity contribution is -0.384. The fourth-order valence-corrected chi connectivity index (χ4v) is 3.87. The normalized spacial score (nSPS) is 15.0. The molecule has 2 aromatic carbocycles. The number of nitrogens with one attached hydrogen (secondary N) is 1. The first kappa shape index (κ1) is 21.7. The van der Waals surface area contributed by atoms with Crippen molar-refractivity contribution in [3.8, 4) is 0 Å². The van der Waals surface area contributed by atoms with Crippen molar-refractivity contribution < 1.29 is 14.1 Å². The van der Waals surface area contributed by atoms with Crippen LogP contribution in [0.5, 0.6) is 0 Å². The minimum absolute atomic E-state index is 0.0211. The lowest BCUT2D eigenvalue weighted by Gasteiger charge is -2.24. The lowest BCUT2D eigenvalue weighted by Crippen LogP contribution is -2.40. The summed E-state index contributed by atoms with van der Waals surface area (Å²) in [7, 11) is 1.69. The van der Waals surface area contributed by atoms with Crippen molar-refractivity contribution in [3.63, 3.8) is 0 Å². The number of carbonyl (C=O) groups excluding carboxylic acids is 1. The molecule has 1 aromatic heterocycles. The van der Waals surface area contributed by atoms with Crippen LogP contribution in [0.2, 0.25) is 0 Å². The third-order valence-electron chi connectivity index (χ3n) is 5.70. The van der Waals surface area contributed by atoms with Crippen molar-refractivity contribution in [2.45, 2.75) is 13.0 Å². The van der Waals surface area contributed by atoms with Gasteiger partial charge < -0.3 is 14.8 Å². The Morgan fingerprint density at radius 1 is 1.22 bits per heavy atom. The Kier molecular flexibility index (Phi) is 6.31. The van der Waals surface area contributed by atoms with E-state index in [9.17, 15) is 19.3 Å². The molecule has 0 unspecified atom stereocenters. The number of hydrogen-bond donors (Lipinski definition) is 1. The average molecular weight is 440 g/mol. The largest absolute Gasteiger partial charge is 0.341 e. The number of anilines is 1. The van der Waals surface area contributed by atoms with Crippen LogP contribution in [-0.4, -0.2) is 70.4 Å². The number of nitro groups is 1. The summed E-state index contributed by atoms with van der Waals surface area (Å²) in [6.45, 7) is 3.38. The zero-order valence-corrected chi connectivity index (χ0v) is 17.8. The second-order valence-electron chi connectivity index (χ2n) is 7.98. The predicted molar refractivity (Wildman–Crippen MR) is 119 cm³/mol. The molecule has 10 heteroatoms. The Balaban J connectivity index is 1.35. The molecule has 1 aliphatic rings. The van der Waals surface area contributed by atoms with Gasteiger partial charge in [-0.2, -0.15) is 0 Å². The van der Waals surface area contributed by atoms with E-state index < -0.39 is 4.92 Å². The number of halogens is 1. The molecule has 0 saturated carbocycles. The van der Waals surface area contributed by atoms with Crippen LogP contribution < -0.4 is 4.90 Å². The third kappa shape index (κ3) is 4.86. The number of likely N-dealkylation sites (N-methyl/N-ethyl adjacent to an activating group) is 1. The van der Waals surface area contributed by atoms with Gasteiger partial charge >= 0.3 is 0 Å². The number of rotatable bonds is 6. The average Bonchev–Trinajstić information content (AvgIpc) is 3.06. The van der Waals surface area contributed by atoms with Gasteiger partial charge in [-0.15, -0.1) is 0 Å². The van der Waals surface area contributed by atoms with Gasteiger partial charge in [0.05, 0.1) is 22.5 Å². The summed E-state index contributed by atoms with van der Waals surface area (Å²) in [6, 6.07) is 11.0. The monoisotopic (exact) mass is 440 g/mol. The number of nitro benzene ring substituents is 1. The first-order chi connectivity index (χ1) is 15.4. The molecule has 0 bridgehead atoms. The van der Waals surface area contributed by atoms with E-state index in [1.165, 1.54) is 18.2 Å². The molecular formula is C22H25FN6O3.